The van der Waals surface area contributed by atoms with E-state index in [-0.39, 0.29) is 42.5 Å². The van der Waals surface area contributed by atoms with Crippen LogP contribution < -0.4 is 11.1 Å². The molecule has 3 N–H and O–H groups in total. The molecule has 158 valence electrons. The molecule has 0 bridgehead atoms. The number of amides is 2. The van der Waals surface area contributed by atoms with Crippen molar-refractivity contribution in [2.24, 2.45) is 11.7 Å². The first-order valence-electron chi connectivity index (χ1n) is 9.06. The monoisotopic (exact) mass is 458 g/mol. The number of halogens is 3. The molecule has 1 aliphatic rings. The summed E-state index contributed by atoms with van der Waals surface area (Å²) in [7, 11) is 0. The van der Waals surface area contributed by atoms with E-state index in [1.807, 2.05) is 18.2 Å². The lowest BCUT2D eigenvalue weighted by atomic mass is 9.96. The number of hydrogen-bond donors (Lipinski definition) is 2. The summed E-state index contributed by atoms with van der Waals surface area (Å²) < 4.78 is 0. The molecule has 29 heavy (non-hydrogen) atoms. The minimum atomic E-state index is -0.193. The van der Waals surface area contributed by atoms with Gasteiger partial charge in [-0.15, -0.1) is 24.8 Å². The van der Waals surface area contributed by atoms with E-state index in [9.17, 15) is 9.59 Å². The van der Waals surface area contributed by atoms with Gasteiger partial charge in [-0.3, -0.25) is 14.6 Å². The van der Waals surface area contributed by atoms with Gasteiger partial charge >= 0.3 is 0 Å². The molecule has 3 rings (SSSR count). The number of rotatable bonds is 5. The second kappa shape index (κ2) is 12.0. The normalized spacial score (nSPS) is 15.7. The van der Waals surface area contributed by atoms with Gasteiger partial charge in [0.05, 0.1) is 11.5 Å². The van der Waals surface area contributed by atoms with Crippen molar-refractivity contribution in [1.82, 2.24) is 15.2 Å². The van der Waals surface area contributed by atoms with Crippen LogP contribution in [0.4, 0.5) is 0 Å². The standard InChI is InChI=1S/C20H23ClN4O2.2ClH/c21-18-5-3-14(4-6-18)16-10-17(12-23-11-16)20(27)25-9-1-2-15(13-25)19(26)24-8-7-22;;/h3-6,10-12,15H,1-2,7-9,13,22H2,(H,24,26);2*1H. The van der Waals surface area contributed by atoms with Crippen LogP contribution in [0.15, 0.2) is 42.7 Å². The second-order valence-electron chi connectivity index (χ2n) is 6.64. The summed E-state index contributed by atoms with van der Waals surface area (Å²) in [5.41, 5.74) is 7.75. The van der Waals surface area contributed by atoms with Gasteiger partial charge in [-0.1, -0.05) is 23.7 Å². The molecule has 1 aliphatic heterocycles. The zero-order valence-electron chi connectivity index (χ0n) is 15.8. The van der Waals surface area contributed by atoms with E-state index in [4.69, 9.17) is 17.3 Å². The van der Waals surface area contributed by atoms with Crippen molar-refractivity contribution in [1.29, 1.82) is 0 Å². The highest BCUT2D eigenvalue weighted by Gasteiger charge is 2.28. The van der Waals surface area contributed by atoms with Crippen molar-refractivity contribution >= 4 is 48.2 Å². The molecule has 2 heterocycles. The van der Waals surface area contributed by atoms with Crippen LogP contribution in [-0.4, -0.2) is 47.9 Å². The van der Waals surface area contributed by atoms with E-state index in [0.29, 0.717) is 36.8 Å². The number of carbonyl (C=O) groups is 2. The van der Waals surface area contributed by atoms with Gasteiger partial charge in [0.15, 0.2) is 0 Å². The Morgan fingerprint density at radius 1 is 1.17 bits per heavy atom. The van der Waals surface area contributed by atoms with Crippen molar-refractivity contribution < 1.29 is 9.59 Å². The lowest BCUT2D eigenvalue weighted by Gasteiger charge is -2.32. The van der Waals surface area contributed by atoms with Gasteiger partial charge in [0.25, 0.3) is 5.91 Å². The topological polar surface area (TPSA) is 88.3 Å². The maximum atomic E-state index is 12.9. The van der Waals surface area contributed by atoms with Crippen LogP contribution in [0.1, 0.15) is 23.2 Å². The van der Waals surface area contributed by atoms with E-state index in [0.717, 1.165) is 24.0 Å². The Balaban J connectivity index is 0.00000210. The largest absolute Gasteiger partial charge is 0.355 e. The van der Waals surface area contributed by atoms with Gasteiger partial charge in [0, 0.05) is 49.2 Å². The highest BCUT2D eigenvalue weighted by Crippen LogP contribution is 2.23. The van der Waals surface area contributed by atoms with Crippen LogP contribution in [0, 0.1) is 5.92 Å². The van der Waals surface area contributed by atoms with Gasteiger partial charge in [0.1, 0.15) is 0 Å². The molecule has 2 aromatic rings. The Labute approximate surface area is 188 Å². The number of pyridine rings is 1. The molecule has 1 aromatic heterocycles. The van der Waals surface area contributed by atoms with Crippen LogP contribution in [0.3, 0.4) is 0 Å². The number of benzene rings is 1. The smallest absolute Gasteiger partial charge is 0.255 e. The zero-order chi connectivity index (χ0) is 19.2. The van der Waals surface area contributed by atoms with Crippen LogP contribution >= 0.6 is 36.4 Å². The van der Waals surface area contributed by atoms with E-state index < -0.39 is 0 Å². The molecule has 1 aromatic carbocycles. The lowest BCUT2D eigenvalue weighted by molar-refractivity contribution is -0.126. The maximum absolute atomic E-state index is 12.9. The second-order valence-corrected chi connectivity index (χ2v) is 7.08. The van der Waals surface area contributed by atoms with E-state index in [1.54, 1.807) is 29.4 Å². The van der Waals surface area contributed by atoms with Crippen molar-refractivity contribution in [2.45, 2.75) is 12.8 Å². The molecule has 1 atom stereocenters. The lowest BCUT2D eigenvalue weighted by Crippen LogP contribution is -2.46. The van der Waals surface area contributed by atoms with Crippen molar-refractivity contribution in [2.75, 3.05) is 26.2 Å². The molecule has 0 saturated carbocycles. The van der Waals surface area contributed by atoms with Crippen LogP contribution in [-0.2, 0) is 4.79 Å². The molecule has 2 amide bonds. The molecule has 9 heteroatoms. The fourth-order valence-electron chi connectivity index (χ4n) is 3.25. The number of likely N-dealkylation sites (tertiary alicyclic amines) is 1. The maximum Gasteiger partial charge on any atom is 0.255 e. The number of nitrogens with two attached hydrogens (primary N) is 1. The van der Waals surface area contributed by atoms with Crippen LogP contribution in [0.5, 0.6) is 0 Å². The third-order valence-corrected chi connectivity index (χ3v) is 4.94. The summed E-state index contributed by atoms with van der Waals surface area (Å²) in [5.74, 6) is -0.331. The van der Waals surface area contributed by atoms with Crippen LogP contribution in [0.2, 0.25) is 5.02 Å². The number of nitrogens with zero attached hydrogens (tertiary/aromatic N) is 2. The van der Waals surface area contributed by atoms with Crippen LogP contribution in [0.25, 0.3) is 11.1 Å². The highest BCUT2D eigenvalue weighted by molar-refractivity contribution is 6.30. The predicted molar refractivity (Wildman–Crippen MR) is 120 cm³/mol. The molecule has 1 unspecified atom stereocenters. The molecule has 0 aliphatic carbocycles. The van der Waals surface area contributed by atoms with E-state index >= 15 is 0 Å². The van der Waals surface area contributed by atoms with Gasteiger partial charge in [-0.05, 0) is 36.6 Å². The predicted octanol–water partition coefficient (Wildman–Crippen LogP) is 3.17. The average molecular weight is 460 g/mol. The number of carbonyl (C=O) groups excluding carboxylic acids is 2. The zero-order valence-corrected chi connectivity index (χ0v) is 18.2. The SMILES string of the molecule is Cl.Cl.NCCNC(=O)C1CCCN(C(=O)c2cncc(-c3ccc(Cl)cc3)c2)C1. The van der Waals surface area contributed by atoms with Crippen molar-refractivity contribution in [3.63, 3.8) is 0 Å². The molecule has 1 fully saturated rings. The fraction of sp³-hybridized carbons (Fsp3) is 0.350. The third kappa shape index (κ3) is 6.57. The van der Waals surface area contributed by atoms with Crippen molar-refractivity contribution in [3.8, 4) is 11.1 Å². The number of aromatic nitrogens is 1. The molecule has 6 nitrogen and oxygen atoms in total. The third-order valence-electron chi connectivity index (χ3n) is 4.69. The first-order chi connectivity index (χ1) is 13.1. The van der Waals surface area contributed by atoms with Crippen molar-refractivity contribution in [3.05, 3.63) is 53.3 Å². The highest BCUT2D eigenvalue weighted by atomic mass is 35.5. The first-order valence-corrected chi connectivity index (χ1v) is 9.44. The summed E-state index contributed by atoms with van der Waals surface area (Å²) in [5, 5.41) is 3.47. The summed E-state index contributed by atoms with van der Waals surface area (Å²) >= 11 is 5.94. The summed E-state index contributed by atoms with van der Waals surface area (Å²) in [6.45, 7) is 1.92. The van der Waals surface area contributed by atoms with E-state index in [2.05, 4.69) is 10.3 Å². The first kappa shape index (κ1) is 25.2. The molecular formula is C20H25Cl3N4O2. The van der Waals surface area contributed by atoms with Gasteiger partial charge in [0.2, 0.25) is 5.91 Å². The Morgan fingerprint density at radius 2 is 1.90 bits per heavy atom. The van der Waals surface area contributed by atoms with Gasteiger partial charge < -0.3 is 16.0 Å². The fourth-order valence-corrected chi connectivity index (χ4v) is 3.38. The summed E-state index contributed by atoms with van der Waals surface area (Å²) in [4.78, 5) is 31.1. The summed E-state index contributed by atoms with van der Waals surface area (Å²) in [6, 6.07) is 9.23. The average Bonchev–Trinajstić information content (AvgIpc) is 2.72. The summed E-state index contributed by atoms with van der Waals surface area (Å²) in [6.07, 6.45) is 4.87. The quantitative estimate of drug-likeness (QED) is 0.719. The molecule has 0 spiro atoms. The Morgan fingerprint density at radius 3 is 2.59 bits per heavy atom. The minimum Gasteiger partial charge on any atom is -0.355 e. The van der Waals surface area contributed by atoms with Gasteiger partial charge in [-0.2, -0.15) is 0 Å². The Hall–Kier alpha value is -1.86. The number of piperidine rings is 1. The number of nitrogens with one attached hydrogen (secondary N) is 1. The molecule has 0 radical (unpaired) electrons. The molecular weight excluding hydrogens is 435 g/mol. The Kier molecular flexibility index (Phi) is 10.4. The minimum absolute atomic E-state index is 0. The number of hydrogen-bond acceptors (Lipinski definition) is 4. The van der Waals surface area contributed by atoms with Gasteiger partial charge in [-0.25, -0.2) is 0 Å². The Bertz CT molecular complexity index is 818. The van der Waals surface area contributed by atoms with E-state index in [1.165, 1.54) is 0 Å². The molecule has 1 saturated heterocycles.